The predicted molar refractivity (Wildman–Crippen MR) is 96.7 cm³/mol. The number of nitrogens with zero attached hydrogens (tertiary/aromatic N) is 1. The van der Waals surface area contributed by atoms with Crippen LogP contribution in [0.1, 0.15) is 24.2 Å². The molecule has 0 aliphatic carbocycles. The molecule has 0 fully saturated rings. The van der Waals surface area contributed by atoms with Crippen LogP contribution in [0, 0.1) is 0 Å². The first-order valence-electron chi connectivity index (χ1n) is 7.39. The Bertz CT molecular complexity index is 816. The van der Waals surface area contributed by atoms with Gasteiger partial charge in [0.15, 0.2) is 17.3 Å². The number of likely N-dealkylation sites (N-methyl/N-ethyl adjacent to an activating group) is 1. The lowest BCUT2D eigenvalue weighted by Gasteiger charge is -2.12. The summed E-state index contributed by atoms with van der Waals surface area (Å²) in [6, 6.07) is 8.41. The first-order chi connectivity index (χ1) is 11.3. The Kier molecular flexibility index (Phi) is 7.09. The van der Waals surface area contributed by atoms with Gasteiger partial charge in [-0.25, -0.2) is 0 Å². The quantitative estimate of drug-likeness (QED) is 0.461. The van der Waals surface area contributed by atoms with Crippen LogP contribution in [0.2, 0.25) is 0 Å². The monoisotopic (exact) mass is 365 g/mol. The molecule has 25 heavy (non-hydrogen) atoms. The lowest BCUT2D eigenvalue weighted by Crippen LogP contribution is -2.21. The van der Waals surface area contributed by atoms with Crippen LogP contribution >= 0.6 is 12.4 Å². The summed E-state index contributed by atoms with van der Waals surface area (Å²) in [4.78, 5) is 36.5. The van der Waals surface area contributed by atoms with E-state index in [4.69, 9.17) is 9.47 Å². The van der Waals surface area contributed by atoms with Crippen molar-refractivity contribution in [2.75, 3.05) is 20.6 Å². The van der Waals surface area contributed by atoms with Crippen molar-refractivity contribution in [3.8, 4) is 11.5 Å². The van der Waals surface area contributed by atoms with Crippen molar-refractivity contribution in [2.45, 2.75) is 13.8 Å². The maximum atomic E-state index is 12.2. The number of benzene rings is 2. The molecule has 0 N–H and O–H groups in total. The van der Waals surface area contributed by atoms with Gasteiger partial charge in [-0.15, -0.1) is 12.4 Å². The molecular weight excluding hydrogens is 346 g/mol. The highest BCUT2D eigenvalue weighted by Gasteiger charge is 2.14. The zero-order valence-electron chi connectivity index (χ0n) is 14.5. The highest BCUT2D eigenvalue weighted by Crippen LogP contribution is 2.33. The molecular formula is C18H20ClNO5. The van der Waals surface area contributed by atoms with E-state index in [-0.39, 0.29) is 29.7 Å². The van der Waals surface area contributed by atoms with Crippen molar-refractivity contribution >= 4 is 40.9 Å². The van der Waals surface area contributed by atoms with Crippen molar-refractivity contribution < 1.29 is 23.9 Å². The molecule has 0 bridgehead atoms. The summed E-state index contributed by atoms with van der Waals surface area (Å²) in [7, 11) is 3.65. The van der Waals surface area contributed by atoms with Crippen LogP contribution in [0.5, 0.6) is 11.5 Å². The lowest BCUT2D eigenvalue weighted by molar-refractivity contribution is -0.134. The van der Waals surface area contributed by atoms with Crippen LogP contribution in [0.15, 0.2) is 30.3 Å². The number of hydrogen-bond donors (Lipinski definition) is 0. The van der Waals surface area contributed by atoms with E-state index in [1.54, 1.807) is 35.2 Å². The Morgan fingerprint density at radius 2 is 1.40 bits per heavy atom. The third-order valence-corrected chi connectivity index (χ3v) is 3.19. The van der Waals surface area contributed by atoms with Gasteiger partial charge in [0.2, 0.25) is 0 Å². The zero-order chi connectivity index (χ0) is 17.9. The van der Waals surface area contributed by atoms with Crippen LogP contribution in [0.3, 0.4) is 0 Å². The number of halogens is 1. The molecule has 2 rings (SSSR count). The molecule has 0 saturated carbocycles. The second-order valence-corrected chi connectivity index (χ2v) is 5.71. The molecule has 0 heterocycles. The highest BCUT2D eigenvalue weighted by molar-refractivity contribution is 6.01. The number of carbonyl (C=O) groups excluding carboxylic acids is 3. The van der Waals surface area contributed by atoms with E-state index in [1.165, 1.54) is 13.8 Å². The van der Waals surface area contributed by atoms with Gasteiger partial charge < -0.3 is 14.4 Å². The fourth-order valence-electron chi connectivity index (χ4n) is 2.28. The summed E-state index contributed by atoms with van der Waals surface area (Å²) in [5.74, 6) is -0.747. The zero-order valence-corrected chi connectivity index (χ0v) is 15.3. The van der Waals surface area contributed by atoms with Crippen LogP contribution in [-0.2, 0) is 9.59 Å². The Morgan fingerprint density at radius 3 is 1.88 bits per heavy atom. The number of carbonyl (C=O) groups is 3. The number of hydrogen-bond acceptors (Lipinski definition) is 6. The van der Waals surface area contributed by atoms with Crippen LogP contribution in [-0.4, -0.2) is 43.3 Å². The third-order valence-electron chi connectivity index (χ3n) is 3.19. The van der Waals surface area contributed by atoms with E-state index in [0.717, 1.165) is 5.39 Å². The van der Waals surface area contributed by atoms with Crippen molar-refractivity contribution in [3.63, 3.8) is 0 Å². The normalized spacial score (nSPS) is 10.3. The summed E-state index contributed by atoms with van der Waals surface area (Å²) in [5.41, 5.74) is 0.560. The van der Waals surface area contributed by atoms with Crippen LogP contribution < -0.4 is 9.47 Å². The molecule has 7 heteroatoms. The molecule has 6 nitrogen and oxygen atoms in total. The summed E-state index contributed by atoms with van der Waals surface area (Å²) in [5, 5.41) is 1.48. The Hall–Kier alpha value is -2.44. The van der Waals surface area contributed by atoms with Crippen molar-refractivity contribution in [1.82, 2.24) is 4.90 Å². The van der Waals surface area contributed by atoms with Gasteiger partial charge in [-0.1, -0.05) is 12.1 Å². The molecule has 0 amide bonds. The Labute approximate surface area is 152 Å². The number of rotatable bonds is 5. The summed E-state index contributed by atoms with van der Waals surface area (Å²) in [6.45, 7) is 2.83. The average Bonchev–Trinajstić information content (AvgIpc) is 2.45. The molecule has 134 valence electrons. The van der Waals surface area contributed by atoms with Gasteiger partial charge in [-0.2, -0.15) is 0 Å². The summed E-state index contributed by atoms with van der Waals surface area (Å²) < 4.78 is 10.2. The molecule has 0 unspecified atom stereocenters. The number of ether oxygens (including phenoxy) is 2. The van der Waals surface area contributed by atoms with Gasteiger partial charge >= 0.3 is 11.9 Å². The van der Waals surface area contributed by atoms with Gasteiger partial charge in [0, 0.05) is 19.4 Å². The minimum Gasteiger partial charge on any atom is -0.423 e. The molecule has 0 aromatic heterocycles. The molecule has 0 radical (unpaired) electrons. The third kappa shape index (κ3) is 5.55. The SMILES string of the molecule is CC(=O)Oc1cc2ccc(C(=O)CN(C)C)cc2cc1OC(C)=O.Cl. The highest BCUT2D eigenvalue weighted by atomic mass is 35.5. The maximum Gasteiger partial charge on any atom is 0.308 e. The van der Waals surface area contributed by atoms with E-state index >= 15 is 0 Å². The standard InChI is InChI=1S/C18H19NO5.ClH/c1-11(20)23-17-8-13-5-6-14(16(22)10-19(3)4)7-15(13)9-18(17)24-12(2)21;/h5-9H,10H2,1-4H3;1H. The molecule has 2 aromatic carbocycles. The fourth-order valence-corrected chi connectivity index (χ4v) is 2.28. The van der Waals surface area contributed by atoms with E-state index in [2.05, 4.69) is 0 Å². The second-order valence-electron chi connectivity index (χ2n) is 5.71. The van der Waals surface area contributed by atoms with Crippen molar-refractivity contribution in [1.29, 1.82) is 0 Å². The topological polar surface area (TPSA) is 72.9 Å². The Morgan fingerprint density at radius 1 is 0.880 bits per heavy atom. The molecule has 0 aliphatic heterocycles. The maximum absolute atomic E-state index is 12.2. The second kappa shape index (κ2) is 8.60. The smallest absolute Gasteiger partial charge is 0.308 e. The van der Waals surface area contributed by atoms with E-state index in [9.17, 15) is 14.4 Å². The van der Waals surface area contributed by atoms with Crippen molar-refractivity contribution in [3.05, 3.63) is 35.9 Å². The number of fused-ring (bicyclic) bond motifs is 1. The van der Waals surface area contributed by atoms with E-state index < -0.39 is 11.9 Å². The predicted octanol–water partition coefficient (Wildman–Crippen LogP) is 2.86. The molecule has 0 saturated heterocycles. The van der Waals surface area contributed by atoms with E-state index in [0.29, 0.717) is 17.5 Å². The van der Waals surface area contributed by atoms with Gasteiger partial charge in [-0.05, 0) is 43.1 Å². The van der Waals surface area contributed by atoms with Crippen molar-refractivity contribution in [2.24, 2.45) is 0 Å². The van der Waals surface area contributed by atoms with Gasteiger partial charge in [0.1, 0.15) is 0 Å². The van der Waals surface area contributed by atoms with E-state index in [1.807, 2.05) is 14.1 Å². The molecule has 0 aliphatic rings. The first-order valence-corrected chi connectivity index (χ1v) is 7.39. The molecule has 2 aromatic rings. The van der Waals surface area contributed by atoms with Crippen LogP contribution in [0.25, 0.3) is 10.8 Å². The number of Topliss-reactive ketones (excluding diaryl/α,β-unsaturated/α-hetero) is 1. The minimum atomic E-state index is -0.525. The largest absolute Gasteiger partial charge is 0.423 e. The number of esters is 2. The summed E-state index contributed by atoms with van der Waals surface area (Å²) in [6.07, 6.45) is 0. The Balaban J connectivity index is 0.00000312. The number of ketones is 1. The first kappa shape index (κ1) is 20.6. The molecule has 0 atom stereocenters. The van der Waals surface area contributed by atoms with Gasteiger partial charge in [0.05, 0.1) is 6.54 Å². The minimum absolute atomic E-state index is 0. The fraction of sp³-hybridized carbons (Fsp3) is 0.278. The average molecular weight is 366 g/mol. The van der Waals surface area contributed by atoms with Crippen LogP contribution in [0.4, 0.5) is 0 Å². The van der Waals surface area contributed by atoms with Gasteiger partial charge in [0.25, 0.3) is 0 Å². The molecule has 0 spiro atoms. The summed E-state index contributed by atoms with van der Waals surface area (Å²) >= 11 is 0. The van der Waals surface area contributed by atoms with Gasteiger partial charge in [-0.3, -0.25) is 14.4 Å². The lowest BCUT2D eigenvalue weighted by atomic mass is 10.0.